The number of carbonyl (C=O) groups is 1. The van der Waals surface area contributed by atoms with E-state index in [9.17, 15) is 17.6 Å². The highest BCUT2D eigenvalue weighted by molar-refractivity contribution is 7.89. The average molecular weight is 437 g/mol. The van der Waals surface area contributed by atoms with Crippen LogP contribution in [0.4, 0.5) is 4.39 Å². The zero-order valence-corrected chi connectivity index (χ0v) is 17.6. The van der Waals surface area contributed by atoms with Gasteiger partial charge in [0.25, 0.3) is 0 Å². The number of sulfonamides is 1. The van der Waals surface area contributed by atoms with Crippen molar-refractivity contribution in [3.63, 3.8) is 0 Å². The minimum Gasteiger partial charge on any atom is -0.487 e. The molecule has 9 heteroatoms. The van der Waals surface area contributed by atoms with Crippen LogP contribution in [0, 0.1) is 5.82 Å². The van der Waals surface area contributed by atoms with Gasteiger partial charge in [0, 0.05) is 13.1 Å². The molecule has 1 aliphatic heterocycles. The SMILES string of the molecule is CC1CN(S(=O)(=O)c2ccc(C(=O)OCCOc3ccccc3F)cc2)CC(C)O1. The molecule has 1 saturated heterocycles. The summed E-state index contributed by atoms with van der Waals surface area (Å²) in [6.45, 7) is 4.13. The molecule has 2 aromatic rings. The van der Waals surface area contributed by atoms with E-state index in [1.807, 2.05) is 13.8 Å². The van der Waals surface area contributed by atoms with Crippen LogP contribution in [-0.4, -0.2) is 57.2 Å². The van der Waals surface area contributed by atoms with Gasteiger partial charge in [0.2, 0.25) is 10.0 Å². The highest BCUT2D eigenvalue weighted by Gasteiger charge is 2.32. The molecule has 0 spiro atoms. The van der Waals surface area contributed by atoms with Crippen LogP contribution in [-0.2, 0) is 19.5 Å². The Morgan fingerprint density at radius 1 is 1.07 bits per heavy atom. The van der Waals surface area contributed by atoms with Gasteiger partial charge in [-0.25, -0.2) is 17.6 Å². The standard InChI is InChI=1S/C21H24FNO6S/c1-15-13-23(14-16(2)29-15)30(25,26)18-9-7-17(8-10-18)21(24)28-12-11-27-20-6-4-3-5-19(20)22/h3-10,15-16H,11-14H2,1-2H3. The van der Waals surface area contributed by atoms with Crippen molar-refractivity contribution >= 4 is 16.0 Å². The molecule has 162 valence electrons. The van der Waals surface area contributed by atoms with Crippen molar-refractivity contribution in [2.24, 2.45) is 0 Å². The monoisotopic (exact) mass is 437 g/mol. The second-order valence-corrected chi connectivity index (χ2v) is 8.96. The first-order valence-corrected chi connectivity index (χ1v) is 11.0. The molecule has 1 aliphatic rings. The number of ether oxygens (including phenoxy) is 3. The minimum absolute atomic E-state index is 0.00740. The number of rotatable bonds is 7. The molecule has 2 atom stereocenters. The summed E-state index contributed by atoms with van der Waals surface area (Å²) in [5.41, 5.74) is 0.212. The van der Waals surface area contributed by atoms with E-state index in [4.69, 9.17) is 14.2 Å². The average Bonchev–Trinajstić information content (AvgIpc) is 2.71. The van der Waals surface area contributed by atoms with Gasteiger partial charge in [-0.05, 0) is 50.2 Å². The predicted octanol–water partition coefficient (Wildman–Crippen LogP) is 2.86. The van der Waals surface area contributed by atoms with E-state index < -0.39 is 21.8 Å². The maximum absolute atomic E-state index is 13.5. The van der Waals surface area contributed by atoms with Gasteiger partial charge in [-0.15, -0.1) is 0 Å². The topological polar surface area (TPSA) is 82.1 Å². The number of benzene rings is 2. The van der Waals surface area contributed by atoms with Gasteiger partial charge in [0.15, 0.2) is 11.6 Å². The van der Waals surface area contributed by atoms with Crippen LogP contribution in [0.25, 0.3) is 0 Å². The lowest BCUT2D eigenvalue weighted by atomic mass is 10.2. The molecule has 0 amide bonds. The fourth-order valence-corrected chi connectivity index (χ4v) is 4.76. The van der Waals surface area contributed by atoms with Gasteiger partial charge in [-0.2, -0.15) is 4.31 Å². The largest absolute Gasteiger partial charge is 0.487 e. The molecule has 0 saturated carbocycles. The van der Waals surface area contributed by atoms with Gasteiger partial charge in [-0.3, -0.25) is 0 Å². The Hall–Kier alpha value is -2.49. The molecular formula is C21H24FNO6S. The van der Waals surface area contributed by atoms with Crippen molar-refractivity contribution in [1.82, 2.24) is 4.31 Å². The third-order valence-corrected chi connectivity index (χ3v) is 6.37. The van der Waals surface area contributed by atoms with E-state index in [1.54, 1.807) is 12.1 Å². The fourth-order valence-electron chi connectivity index (χ4n) is 3.17. The molecule has 2 aromatic carbocycles. The van der Waals surface area contributed by atoms with E-state index >= 15 is 0 Å². The summed E-state index contributed by atoms with van der Waals surface area (Å²) in [5.74, 6) is -1.04. The lowest BCUT2D eigenvalue weighted by molar-refractivity contribution is -0.0440. The number of nitrogens with zero attached hydrogens (tertiary/aromatic N) is 1. The molecule has 0 radical (unpaired) electrons. The number of halogens is 1. The smallest absolute Gasteiger partial charge is 0.338 e. The minimum atomic E-state index is -3.68. The molecule has 7 nitrogen and oxygen atoms in total. The number of morpholine rings is 1. The summed E-state index contributed by atoms with van der Waals surface area (Å²) in [7, 11) is -3.68. The summed E-state index contributed by atoms with van der Waals surface area (Å²) in [6, 6.07) is 11.5. The zero-order valence-electron chi connectivity index (χ0n) is 16.8. The van der Waals surface area contributed by atoms with Crippen LogP contribution in [0.3, 0.4) is 0 Å². The van der Waals surface area contributed by atoms with E-state index in [1.165, 1.54) is 40.7 Å². The van der Waals surface area contributed by atoms with E-state index in [0.717, 1.165) is 0 Å². The highest BCUT2D eigenvalue weighted by Crippen LogP contribution is 2.22. The molecule has 0 aromatic heterocycles. The number of hydrogen-bond acceptors (Lipinski definition) is 6. The molecule has 1 fully saturated rings. The molecule has 0 aliphatic carbocycles. The van der Waals surface area contributed by atoms with Crippen LogP contribution < -0.4 is 4.74 Å². The summed E-state index contributed by atoms with van der Waals surface area (Å²) in [6.07, 6.45) is -0.381. The predicted molar refractivity (Wildman–Crippen MR) is 107 cm³/mol. The van der Waals surface area contributed by atoms with Gasteiger partial charge in [0.05, 0.1) is 22.7 Å². The van der Waals surface area contributed by atoms with Crippen LogP contribution in [0.15, 0.2) is 53.4 Å². The molecule has 0 bridgehead atoms. The van der Waals surface area contributed by atoms with E-state index in [-0.39, 0.29) is 54.7 Å². The third-order valence-electron chi connectivity index (χ3n) is 4.52. The fraction of sp³-hybridized carbons (Fsp3) is 0.381. The molecule has 0 N–H and O–H groups in total. The number of carbonyl (C=O) groups excluding carboxylic acids is 1. The van der Waals surface area contributed by atoms with Gasteiger partial charge >= 0.3 is 5.97 Å². The Morgan fingerprint density at radius 3 is 2.33 bits per heavy atom. The van der Waals surface area contributed by atoms with Crippen LogP contribution in [0.2, 0.25) is 0 Å². The van der Waals surface area contributed by atoms with Crippen molar-refractivity contribution in [1.29, 1.82) is 0 Å². The van der Waals surface area contributed by atoms with Crippen LogP contribution in [0.1, 0.15) is 24.2 Å². The Bertz CT molecular complexity index is 969. The lowest BCUT2D eigenvalue weighted by Crippen LogP contribution is -2.48. The van der Waals surface area contributed by atoms with Crippen molar-refractivity contribution < 1.29 is 31.8 Å². The third kappa shape index (κ3) is 5.35. The number of hydrogen-bond donors (Lipinski definition) is 0. The summed E-state index contributed by atoms with van der Waals surface area (Å²) >= 11 is 0. The Kier molecular flexibility index (Phi) is 7.06. The Morgan fingerprint density at radius 2 is 1.70 bits per heavy atom. The Labute approximate surface area is 175 Å². The Balaban J connectivity index is 1.55. The van der Waals surface area contributed by atoms with Crippen molar-refractivity contribution in [2.75, 3.05) is 26.3 Å². The zero-order chi connectivity index (χ0) is 21.7. The maximum Gasteiger partial charge on any atom is 0.338 e. The van der Waals surface area contributed by atoms with Crippen LogP contribution in [0.5, 0.6) is 5.75 Å². The molecule has 2 unspecified atom stereocenters. The highest BCUT2D eigenvalue weighted by atomic mass is 32.2. The van der Waals surface area contributed by atoms with Gasteiger partial charge in [0.1, 0.15) is 13.2 Å². The first-order valence-electron chi connectivity index (χ1n) is 9.57. The first-order chi connectivity index (χ1) is 14.3. The van der Waals surface area contributed by atoms with Gasteiger partial charge < -0.3 is 14.2 Å². The summed E-state index contributed by atoms with van der Waals surface area (Å²) in [4.78, 5) is 12.2. The molecule has 1 heterocycles. The van der Waals surface area contributed by atoms with Gasteiger partial charge in [-0.1, -0.05) is 12.1 Å². The maximum atomic E-state index is 13.5. The first kappa shape index (κ1) is 22.2. The molecule has 3 rings (SSSR count). The van der Waals surface area contributed by atoms with Crippen molar-refractivity contribution in [3.8, 4) is 5.75 Å². The second kappa shape index (κ2) is 9.55. The number of para-hydroxylation sites is 1. The van der Waals surface area contributed by atoms with Crippen molar-refractivity contribution in [2.45, 2.75) is 31.0 Å². The summed E-state index contributed by atoms with van der Waals surface area (Å²) < 4.78 is 56.4. The van der Waals surface area contributed by atoms with Crippen molar-refractivity contribution in [3.05, 3.63) is 59.9 Å². The van der Waals surface area contributed by atoms with E-state index in [2.05, 4.69) is 0 Å². The van der Waals surface area contributed by atoms with Crippen LogP contribution >= 0.6 is 0 Å². The molecule has 30 heavy (non-hydrogen) atoms. The lowest BCUT2D eigenvalue weighted by Gasteiger charge is -2.34. The second-order valence-electron chi connectivity index (χ2n) is 7.02. The number of esters is 1. The quantitative estimate of drug-likeness (QED) is 0.489. The normalized spacial score (nSPS) is 20.0. The van der Waals surface area contributed by atoms with E-state index in [0.29, 0.717) is 0 Å². The molecular weight excluding hydrogens is 413 g/mol. The summed E-state index contributed by atoms with van der Waals surface area (Å²) in [5, 5.41) is 0.